The summed E-state index contributed by atoms with van der Waals surface area (Å²) in [4.78, 5) is 46.3. The fourth-order valence-electron chi connectivity index (χ4n) is 5.15. The third-order valence-electron chi connectivity index (χ3n) is 7.67. The van der Waals surface area contributed by atoms with Crippen molar-refractivity contribution in [1.29, 1.82) is 0 Å². The Labute approximate surface area is 243 Å². The predicted octanol–water partition coefficient (Wildman–Crippen LogP) is 2.55. The largest absolute Gasteiger partial charge is 0.481 e. The van der Waals surface area contributed by atoms with E-state index in [1.54, 1.807) is 0 Å². The quantitative estimate of drug-likeness (QED) is 0.243. The number of ether oxygens (including phenoxy) is 1. The van der Waals surface area contributed by atoms with Crippen LogP contribution in [0.3, 0.4) is 0 Å². The highest BCUT2D eigenvalue weighted by molar-refractivity contribution is 5.88. The van der Waals surface area contributed by atoms with Crippen LogP contribution in [-0.2, 0) is 31.2 Å². The van der Waals surface area contributed by atoms with Gasteiger partial charge < -0.3 is 29.7 Å². The molecule has 1 saturated heterocycles. The zero-order valence-electron chi connectivity index (χ0n) is 24.4. The van der Waals surface area contributed by atoms with Crippen molar-refractivity contribution < 1.29 is 39.5 Å². The fraction of sp³-hybridized carbons (Fsp3) is 0.517. The molecule has 13 nitrogen and oxygen atoms in total. The predicted molar refractivity (Wildman–Crippen MR) is 152 cm³/mol. The van der Waals surface area contributed by atoms with Crippen molar-refractivity contribution in [3.8, 4) is 0 Å². The summed E-state index contributed by atoms with van der Waals surface area (Å²) < 4.78 is 8.24. The van der Waals surface area contributed by atoms with Crippen molar-refractivity contribution in [2.24, 2.45) is 5.41 Å². The number of rotatable bonds is 12. The molecule has 0 spiro atoms. The SMILES string of the molecule is CCOCC1(Cn2cnc3cnccc32)CCN(C(C)(C)c2ccc(C)nc2)C1.O=C(O)CC(O)(CC(=O)O)C(=O)O. The molecule has 1 aliphatic rings. The third kappa shape index (κ3) is 7.87. The smallest absolute Gasteiger partial charge is 0.336 e. The van der Waals surface area contributed by atoms with Crippen LogP contribution >= 0.6 is 0 Å². The maximum absolute atomic E-state index is 10.3. The minimum atomic E-state index is -2.74. The number of carboxylic acids is 3. The van der Waals surface area contributed by atoms with Gasteiger partial charge in [0, 0.05) is 48.7 Å². The summed E-state index contributed by atoms with van der Waals surface area (Å²) in [5.74, 6) is -5.02. The number of aryl methyl sites for hydroxylation is 1. The van der Waals surface area contributed by atoms with Crippen molar-refractivity contribution in [3.63, 3.8) is 0 Å². The lowest BCUT2D eigenvalue weighted by atomic mass is 9.87. The van der Waals surface area contributed by atoms with Crippen molar-refractivity contribution in [3.05, 3.63) is 54.4 Å². The Bertz CT molecular complexity index is 1370. The average molecular weight is 586 g/mol. The van der Waals surface area contributed by atoms with Gasteiger partial charge in [-0.05, 0) is 58.4 Å². The van der Waals surface area contributed by atoms with Gasteiger partial charge in [-0.2, -0.15) is 0 Å². The van der Waals surface area contributed by atoms with Crippen LogP contribution in [-0.4, -0.2) is 94.7 Å². The summed E-state index contributed by atoms with van der Waals surface area (Å²) >= 11 is 0. The molecule has 228 valence electrons. The first-order valence-corrected chi connectivity index (χ1v) is 13.6. The van der Waals surface area contributed by atoms with E-state index in [2.05, 4.69) is 57.3 Å². The second-order valence-electron chi connectivity index (χ2n) is 11.3. The minimum Gasteiger partial charge on any atom is -0.481 e. The lowest BCUT2D eigenvalue weighted by molar-refractivity contribution is -0.170. The molecule has 0 saturated carbocycles. The summed E-state index contributed by atoms with van der Waals surface area (Å²) in [5.41, 5.74) is 1.64. The lowest BCUT2D eigenvalue weighted by Gasteiger charge is -2.38. The van der Waals surface area contributed by atoms with Crippen LogP contribution in [0.1, 0.15) is 51.3 Å². The second kappa shape index (κ2) is 13.4. The van der Waals surface area contributed by atoms with Gasteiger partial charge in [-0.15, -0.1) is 0 Å². The van der Waals surface area contributed by atoms with Crippen LogP contribution in [0.25, 0.3) is 11.0 Å². The molecule has 1 atom stereocenters. The number of hydrogen-bond acceptors (Lipinski definition) is 9. The number of aliphatic hydroxyl groups is 1. The van der Waals surface area contributed by atoms with Gasteiger partial charge in [0.15, 0.2) is 5.60 Å². The van der Waals surface area contributed by atoms with Gasteiger partial charge in [0.05, 0.1) is 37.5 Å². The Kier molecular flexibility index (Phi) is 10.4. The first-order chi connectivity index (χ1) is 19.7. The fourth-order valence-corrected chi connectivity index (χ4v) is 5.15. The zero-order chi connectivity index (χ0) is 31.1. The van der Waals surface area contributed by atoms with Crippen LogP contribution in [0.2, 0.25) is 0 Å². The number of likely N-dealkylation sites (tertiary alicyclic amines) is 1. The van der Waals surface area contributed by atoms with E-state index in [9.17, 15) is 14.4 Å². The van der Waals surface area contributed by atoms with Gasteiger partial charge in [-0.25, -0.2) is 9.78 Å². The van der Waals surface area contributed by atoms with Gasteiger partial charge in [0.1, 0.15) is 5.52 Å². The molecule has 4 heterocycles. The standard InChI is InChI=1S/C23H31N5O.C6H8O7/c1-5-29-16-23(14-27-17-26-20-13-24-10-8-21(20)27)9-11-28(15-23)22(3,4)19-7-6-18(2)25-12-19;7-3(8)1-6(13,5(11)12)2-4(9)10/h6-8,10,12-13,17H,5,9,11,14-16H2,1-4H3;13H,1-2H2,(H,7,8)(H,9,10)(H,11,12). The number of nitrogens with zero attached hydrogens (tertiary/aromatic N) is 5. The zero-order valence-corrected chi connectivity index (χ0v) is 24.4. The summed E-state index contributed by atoms with van der Waals surface area (Å²) in [6, 6.07) is 6.36. The van der Waals surface area contributed by atoms with Crippen LogP contribution in [0, 0.1) is 12.3 Å². The van der Waals surface area contributed by atoms with Gasteiger partial charge in [-0.1, -0.05) is 6.07 Å². The molecule has 1 fully saturated rings. The molecule has 0 aromatic carbocycles. The molecule has 3 aromatic heterocycles. The molecule has 1 unspecified atom stereocenters. The summed E-state index contributed by atoms with van der Waals surface area (Å²) in [7, 11) is 0. The minimum absolute atomic E-state index is 0.0578. The van der Waals surface area contributed by atoms with E-state index in [0.29, 0.717) is 0 Å². The summed E-state index contributed by atoms with van der Waals surface area (Å²) in [6.07, 6.45) is 6.44. The molecule has 1 aliphatic heterocycles. The first-order valence-electron chi connectivity index (χ1n) is 13.6. The number of carbonyl (C=O) groups is 3. The van der Waals surface area contributed by atoms with E-state index < -0.39 is 36.4 Å². The van der Waals surface area contributed by atoms with E-state index in [1.165, 1.54) is 5.56 Å². The van der Waals surface area contributed by atoms with Crippen LogP contribution in [0.5, 0.6) is 0 Å². The Balaban J connectivity index is 0.000000316. The highest BCUT2D eigenvalue weighted by Gasteiger charge is 2.44. The normalized spacial score (nSPS) is 17.5. The topological polar surface area (TPSA) is 188 Å². The highest BCUT2D eigenvalue weighted by Crippen LogP contribution is 2.40. The van der Waals surface area contributed by atoms with Crippen molar-refractivity contribution in [1.82, 2.24) is 24.4 Å². The van der Waals surface area contributed by atoms with E-state index in [-0.39, 0.29) is 11.0 Å². The number of carboxylic acid groups (broad SMARTS) is 3. The molecule has 0 aliphatic carbocycles. The number of aromatic nitrogens is 4. The van der Waals surface area contributed by atoms with Gasteiger partial charge in [0.25, 0.3) is 0 Å². The molecular weight excluding hydrogens is 546 g/mol. The number of pyridine rings is 2. The maximum atomic E-state index is 10.3. The molecule has 3 aromatic rings. The Hall–Kier alpha value is -3.94. The van der Waals surface area contributed by atoms with Crippen molar-refractivity contribution >= 4 is 28.9 Å². The Morgan fingerprint density at radius 1 is 1.05 bits per heavy atom. The molecule has 0 amide bonds. The molecule has 4 N–H and O–H groups in total. The lowest BCUT2D eigenvalue weighted by Crippen LogP contribution is -2.43. The van der Waals surface area contributed by atoms with E-state index in [4.69, 9.17) is 25.2 Å². The molecule has 13 heteroatoms. The van der Waals surface area contributed by atoms with E-state index in [1.807, 2.05) is 37.9 Å². The van der Waals surface area contributed by atoms with Gasteiger partial charge >= 0.3 is 17.9 Å². The molecular formula is C29H39N5O8. The second-order valence-corrected chi connectivity index (χ2v) is 11.3. The van der Waals surface area contributed by atoms with Crippen molar-refractivity contribution in [2.45, 2.75) is 64.6 Å². The maximum Gasteiger partial charge on any atom is 0.336 e. The number of imidazole rings is 1. The Morgan fingerprint density at radius 3 is 2.31 bits per heavy atom. The average Bonchev–Trinajstić information content (AvgIpc) is 3.53. The number of hydrogen-bond donors (Lipinski definition) is 4. The third-order valence-corrected chi connectivity index (χ3v) is 7.67. The first kappa shape index (κ1) is 32.6. The number of fused-ring (bicyclic) bond motifs is 1. The highest BCUT2D eigenvalue weighted by atomic mass is 16.5. The summed E-state index contributed by atoms with van der Waals surface area (Å²) in [6.45, 7) is 13.1. The van der Waals surface area contributed by atoms with E-state index in [0.717, 1.165) is 56.0 Å². The van der Waals surface area contributed by atoms with Gasteiger partial charge in [0.2, 0.25) is 0 Å². The molecule has 4 rings (SSSR count). The molecule has 0 radical (unpaired) electrons. The Morgan fingerprint density at radius 2 is 1.74 bits per heavy atom. The van der Waals surface area contributed by atoms with Crippen LogP contribution < -0.4 is 0 Å². The van der Waals surface area contributed by atoms with Crippen molar-refractivity contribution in [2.75, 3.05) is 26.3 Å². The summed E-state index contributed by atoms with van der Waals surface area (Å²) in [5, 5.41) is 33.8. The number of aliphatic carboxylic acids is 3. The molecule has 42 heavy (non-hydrogen) atoms. The molecule has 0 bridgehead atoms. The van der Waals surface area contributed by atoms with Crippen LogP contribution in [0.4, 0.5) is 0 Å². The van der Waals surface area contributed by atoms with E-state index >= 15 is 0 Å². The van der Waals surface area contributed by atoms with Gasteiger partial charge in [-0.3, -0.25) is 24.5 Å². The monoisotopic (exact) mass is 585 g/mol. The van der Waals surface area contributed by atoms with Crippen LogP contribution in [0.15, 0.2) is 43.1 Å².